The number of para-hydroxylation sites is 1. The highest BCUT2D eigenvalue weighted by atomic mass is 35.5. The molecule has 0 unspecified atom stereocenters. The van der Waals surface area contributed by atoms with E-state index in [0.29, 0.717) is 12.6 Å². The molecule has 1 atom stereocenters. The lowest BCUT2D eigenvalue weighted by molar-refractivity contribution is 0.447. The van der Waals surface area contributed by atoms with Gasteiger partial charge in [-0.25, -0.2) is 0 Å². The van der Waals surface area contributed by atoms with Gasteiger partial charge in [0.25, 0.3) is 0 Å². The Bertz CT molecular complexity index is 508. The van der Waals surface area contributed by atoms with Crippen molar-refractivity contribution in [3.63, 3.8) is 0 Å². The molecule has 1 heterocycles. The standard InChI is InChI=1S/C16H19NO.ClH/c1-3-7-14(17-10-4-2)12-15-11-13-8-5-6-9-16(13)18-15;/h2,5-6,8-9,11,14,17H,3,7,10,12H2,1H3;1H/t14-;/m1./s1. The smallest absolute Gasteiger partial charge is 0.134 e. The van der Waals surface area contributed by atoms with Crippen LogP contribution in [0.5, 0.6) is 0 Å². The lowest BCUT2D eigenvalue weighted by Crippen LogP contribution is -2.31. The molecule has 0 aliphatic rings. The Balaban J connectivity index is 0.00000180. The van der Waals surface area contributed by atoms with Crippen LogP contribution in [-0.4, -0.2) is 12.6 Å². The predicted molar refractivity (Wildman–Crippen MR) is 82.7 cm³/mol. The number of hydrogen-bond donors (Lipinski definition) is 1. The second-order valence-corrected chi connectivity index (χ2v) is 4.53. The highest BCUT2D eigenvalue weighted by molar-refractivity contribution is 5.85. The molecule has 2 rings (SSSR count). The lowest BCUT2D eigenvalue weighted by Gasteiger charge is -2.14. The van der Waals surface area contributed by atoms with Gasteiger partial charge in [-0.05, 0) is 18.6 Å². The molecule has 3 heteroatoms. The highest BCUT2D eigenvalue weighted by Crippen LogP contribution is 2.20. The fourth-order valence-electron chi connectivity index (χ4n) is 2.21. The molecule has 102 valence electrons. The number of furan rings is 1. The third-order valence-corrected chi connectivity index (χ3v) is 3.05. The molecule has 1 N–H and O–H groups in total. The van der Waals surface area contributed by atoms with Gasteiger partial charge in [0, 0.05) is 17.8 Å². The Morgan fingerprint density at radius 3 is 2.84 bits per heavy atom. The zero-order valence-electron chi connectivity index (χ0n) is 11.2. The van der Waals surface area contributed by atoms with Crippen LogP contribution in [0.2, 0.25) is 0 Å². The second-order valence-electron chi connectivity index (χ2n) is 4.53. The van der Waals surface area contributed by atoms with Crippen molar-refractivity contribution in [1.29, 1.82) is 0 Å². The van der Waals surface area contributed by atoms with Gasteiger partial charge in [0.05, 0.1) is 6.54 Å². The normalized spacial score (nSPS) is 11.8. The quantitative estimate of drug-likeness (QED) is 0.813. The maximum Gasteiger partial charge on any atom is 0.134 e. The van der Waals surface area contributed by atoms with E-state index in [0.717, 1.165) is 30.6 Å². The average Bonchev–Trinajstić information content (AvgIpc) is 2.78. The molecular weight excluding hydrogens is 258 g/mol. The summed E-state index contributed by atoms with van der Waals surface area (Å²) in [6.07, 6.45) is 8.44. The van der Waals surface area contributed by atoms with Crippen molar-refractivity contribution in [2.45, 2.75) is 32.2 Å². The van der Waals surface area contributed by atoms with E-state index in [9.17, 15) is 0 Å². The fourth-order valence-corrected chi connectivity index (χ4v) is 2.21. The molecule has 19 heavy (non-hydrogen) atoms. The van der Waals surface area contributed by atoms with Crippen LogP contribution < -0.4 is 5.32 Å². The van der Waals surface area contributed by atoms with Crippen molar-refractivity contribution in [1.82, 2.24) is 5.32 Å². The first-order valence-electron chi connectivity index (χ1n) is 6.47. The Morgan fingerprint density at radius 1 is 1.37 bits per heavy atom. The Hall–Kier alpha value is -1.43. The molecule has 0 fully saturated rings. The number of hydrogen-bond acceptors (Lipinski definition) is 2. The van der Waals surface area contributed by atoms with Gasteiger partial charge in [-0.1, -0.05) is 37.5 Å². The van der Waals surface area contributed by atoms with Gasteiger partial charge in [-0.3, -0.25) is 0 Å². The van der Waals surface area contributed by atoms with Crippen molar-refractivity contribution in [3.8, 4) is 12.3 Å². The monoisotopic (exact) mass is 277 g/mol. The predicted octanol–water partition coefficient (Wildman–Crippen LogP) is 3.79. The van der Waals surface area contributed by atoms with Crippen LogP contribution in [0.4, 0.5) is 0 Å². The van der Waals surface area contributed by atoms with Gasteiger partial charge < -0.3 is 9.73 Å². The summed E-state index contributed by atoms with van der Waals surface area (Å²) in [4.78, 5) is 0. The Morgan fingerprint density at radius 2 is 2.16 bits per heavy atom. The number of terminal acetylenes is 1. The summed E-state index contributed by atoms with van der Waals surface area (Å²) in [5.74, 6) is 3.65. The number of halogens is 1. The van der Waals surface area contributed by atoms with E-state index in [1.54, 1.807) is 0 Å². The molecule has 1 aromatic carbocycles. The molecule has 0 spiro atoms. The van der Waals surface area contributed by atoms with E-state index < -0.39 is 0 Å². The van der Waals surface area contributed by atoms with Crippen molar-refractivity contribution >= 4 is 23.4 Å². The van der Waals surface area contributed by atoms with Gasteiger partial charge in [-0.15, -0.1) is 18.8 Å². The van der Waals surface area contributed by atoms with Crippen LogP contribution in [0, 0.1) is 12.3 Å². The van der Waals surface area contributed by atoms with E-state index in [-0.39, 0.29) is 12.4 Å². The molecule has 2 aromatic rings. The Labute approximate surface area is 121 Å². The first-order valence-corrected chi connectivity index (χ1v) is 6.47. The maximum atomic E-state index is 5.83. The van der Waals surface area contributed by atoms with Crippen LogP contribution >= 0.6 is 12.4 Å². The topological polar surface area (TPSA) is 25.2 Å². The summed E-state index contributed by atoms with van der Waals surface area (Å²) in [5.41, 5.74) is 0.958. The summed E-state index contributed by atoms with van der Waals surface area (Å²) in [5, 5.41) is 4.53. The van der Waals surface area contributed by atoms with E-state index >= 15 is 0 Å². The minimum absolute atomic E-state index is 0. The minimum atomic E-state index is 0. The molecule has 0 bridgehead atoms. The van der Waals surface area contributed by atoms with E-state index in [1.807, 2.05) is 18.2 Å². The molecule has 0 amide bonds. The highest BCUT2D eigenvalue weighted by Gasteiger charge is 2.11. The Kier molecular flexibility index (Phi) is 6.49. The lowest BCUT2D eigenvalue weighted by atomic mass is 10.1. The minimum Gasteiger partial charge on any atom is -0.461 e. The molecule has 0 aliphatic carbocycles. The van der Waals surface area contributed by atoms with Gasteiger partial charge in [0.15, 0.2) is 0 Å². The van der Waals surface area contributed by atoms with Crippen LogP contribution in [0.15, 0.2) is 34.7 Å². The number of fused-ring (bicyclic) bond motifs is 1. The molecule has 0 saturated carbocycles. The van der Waals surface area contributed by atoms with E-state index in [1.165, 1.54) is 5.39 Å². The molecule has 0 radical (unpaired) electrons. The molecule has 2 nitrogen and oxygen atoms in total. The van der Waals surface area contributed by atoms with Crippen LogP contribution in [-0.2, 0) is 6.42 Å². The summed E-state index contributed by atoms with van der Waals surface area (Å²) in [6.45, 7) is 2.80. The van der Waals surface area contributed by atoms with Gasteiger partial charge in [0.1, 0.15) is 11.3 Å². The fraction of sp³-hybridized carbons (Fsp3) is 0.375. The second kappa shape index (κ2) is 7.89. The number of nitrogens with one attached hydrogen (secondary N) is 1. The molecule has 0 aliphatic heterocycles. The summed E-state index contributed by atoms with van der Waals surface area (Å²) < 4.78 is 5.83. The maximum absolute atomic E-state index is 5.83. The zero-order valence-corrected chi connectivity index (χ0v) is 12.0. The summed E-state index contributed by atoms with van der Waals surface area (Å²) in [7, 11) is 0. The largest absolute Gasteiger partial charge is 0.461 e. The van der Waals surface area contributed by atoms with Crippen molar-refractivity contribution in [3.05, 3.63) is 36.1 Å². The SMILES string of the molecule is C#CCN[C@H](CCC)Cc1cc2ccccc2o1.Cl. The van der Waals surface area contributed by atoms with Crippen LogP contribution in [0.25, 0.3) is 11.0 Å². The first-order chi connectivity index (χ1) is 8.83. The van der Waals surface area contributed by atoms with Gasteiger partial charge >= 0.3 is 0 Å². The van der Waals surface area contributed by atoms with E-state index in [2.05, 4.69) is 30.3 Å². The van der Waals surface area contributed by atoms with Gasteiger partial charge in [-0.2, -0.15) is 0 Å². The number of benzene rings is 1. The molecular formula is C16H20ClNO. The zero-order chi connectivity index (χ0) is 12.8. The third kappa shape index (κ3) is 4.31. The third-order valence-electron chi connectivity index (χ3n) is 3.05. The van der Waals surface area contributed by atoms with Crippen molar-refractivity contribution in [2.75, 3.05) is 6.54 Å². The van der Waals surface area contributed by atoms with Crippen LogP contribution in [0.1, 0.15) is 25.5 Å². The van der Waals surface area contributed by atoms with E-state index in [4.69, 9.17) is 10.8 Å². The average molecular weight is 278 g/mol. The number of rotatable bonds is 6. The molecule has 0 saturated heterocycles. The van der Waals surface area contributed by atoms with Crippen molar-refractivity contribution < 1.29 is 4.42 Å². The molecule has 1 aromatic heterocycles. The summed E-state index contributed by atoms with van der Waals surface area (Å²) >= 11 is 0. The van der Waals surface area contributed by atoms with Crippen LogP contribution in [0.3, 0.4) is 0 Å². The first kappa shape index (κ1) is 15.6. The van der Waals surface area contributed by atoms with Crippen molar-refractivity contribution in [2.24, 2.45) is 0 Å². The summed E-state index contributed by atoms with van der Waals surface area (Å²) in [6, 6.07) is 10.6. The van der Waals surface area contributed by atoms with Gasteiger partial charge in [0.2, 0.25) is 0 Å².